The standard InChI is InChI=1S/C23H16ClF5N2O4/c1-11-8-13(30-22(33)31-21(32)19-16(25)4-3-5-17(19)26)9-12(2)20(11)34-14-6-7-18(15(24)10-14)35-23(27,28)29/h3-10H,1-2H3,(H2,30,31,32,33). The van der Waals surface area contributed by atoms with Gasteiger partial charge in [-0.25, -0.2) is 13.6 Å². The molecule has 3 aromatic rings. The van der Waals surface area contributed by atoms with E-state index < -0.39 is 41.2 Å². The number of imide groups is 1. The number of aryl methyl sites for hydroxylation is 2. The van der Waals surface area contributed by atoms with Crippen molar-refractivity contribution in [2.45, 2.75) is 20.2 Å². The topological polar surface area (TPSA) is 76.7 Å². The summed E-state index contributed by atoms with van der Waals surface area (Å²) in [6.07, 6.45) is -4.90. The Morgan fingerprint density at radius 1 is 0.943 bits per heavy atom. The molecule has 0 saturated heterocycles. The minimum absolute atomic E-state index is 0.131. The van der Waals surface area contributed by atoms with Crippen molar-refractivity contribution in [3.63, 3.8) is 0 Å². The van der Waals surface area contributed by atoms with Crippen LogP contribution >= 0.6 is 11.6 Å². The maximum Gasteiger partial charge on any atom is 0.573 e. The zero-order valence-electron chi connectivity index (χ0n) is 18.0. The summed E-state index contributed by atoms with van der Waals surface area (Å²) in [6.45, 7) is 3.27. The van der Waals surface area contributed by atoms with Gasteiger partial charge < -0.3 is 14.8 Å². The van der Waals surface area contributed by atoms with Gasteiger partial charge in [0.25, 0.3) is 5.91 Å². The molecule has 0 fully saturated rings. The highest BCUT2D eigenvalue weighted by Gasteiger charge is 2.32. The summed E-state index contributed by atoms with van der Waals surface area (Å²) in [6, 6.07) is 8.17. The molecule has 0 radical (unpaired) electrons. The smallest absolute Gasteiger partial charge is 0.457 e. The third-order valence-corrected chi connectivity index (χ3v) is 4.78. The molecular formula is C23H16ClF5N2O4. The Kier molecular flexibility index (Phi) is 7.49. The number of alkyl halides is 3. The van der Waals surface area contributed by atoms with Crippen LogP contribution in [0.15, 0.2) is 48.5 Å². The number of hydrogen-bond acceptors (Lipinski definition) is 4. The Morgan fingerprint density at radius 3 is 2.09 bits per heavy atom. The summed E-state index contributed by atoms with van der Waals surface area (Å²) in [5.74, 6) is -3.63. The fourth-order valence-electron chi connectivity index (χ4n) is 3.10. The Hall–Kier alpha value is -3.86. The van der Waals surface area contributed by atoms with Gasteiger partial charge in [-0.3, -0.25) is 10.1 Å². The maximum atomic E-state index is 13.7. The SMILES string of the molecule is Cc1cc(NC(=O)NC(=O)c2c(F)cccc2F)cc(C)c1Oc1ccc(OC(F)(F)F)c(Cl)c1. The van der Waals surface area contributed by atoms with E-state index in [1.807, 2.05) is 5.32 Å². The Bertz CT molecular complexity index is 1250. The summed E-state index contributed by atoms with van der Waals surface area (Å²) in [4.78, 5) is 24.2. The minimum Gasteiger partial charge on any atom is -0.457 e. The Balaban J connectivity index is 1.71. The normalized spacial score (nSPS) is 11.1. The molecule has 12 heteroatoms. The monoisotopic (exact) mass is 514 g/mol. The van der Waals surface area contributed by atoms with Gasteiger partial charge in [-0.2, -0.15) is 0 Å². The van der Waals surface area contributed by atoms with E-state index in [9.17, 15) is 31.5 Å². The number of ether oxygens (including phenoxy) is 2. The highest BCUT2D eigenvalue weighted by atomic mass is 35.5. The summed E-state index contributed by atoms with van der Waals surface area (Å²) in [5, 5.41) is 3.90. The molecule has 0 unspecified atom stereocenters. The van der Waals surface area contributed by atoms with Crippen LogP contribution < -0.4 is 20.1 Å². The first-order valence-electron chi connectivity index (χ1n) is 9.75. The van der Waals surface area contributed by atoms with Crippen LogP contribution in [0.1, 0.15) is 21.5 Å². The molecule has 0 spiro atoms. The van der Waals surface area contributed by atoms with Crippen molar-refractivity contribution in [1.82, 2.24) is 5.32 Å². The lowest BCUT2D eigenvalue weighted by atomic mass is 10.1. The first-order valence-corrected chi connectivity index (χ1v) is 10.1. The highest BCUT2D eigenvalue weighted by Crippen LogP contribution is 2.36. The molecule has 0 aromatic heterocycles. The summed E-state index contributed by atoms with van der Waals surface area (Å²) >= 11 is 5.84. The number of amides is 3. The predicted molar refractivity (Wildman–Crippen MR) is 117 cm³/mol. The van der Waals surface area contributed by atoms with Gasteiger partial charge >= 0.3 is 12.4 Å². The van der Waals surface area contributed by atoms with E-state index >= 15 is 0 Å². The zero-order valence-corrected chi connectivity index (χ0v) is 18.8. The van der Waals surface area contributed by atoms with E-state index in [1.54, 1.807) is 13.8 Å². The molecule has 2 N–H and O–H groups in total. The van der Waals surface area contributed by atoms with Gasteiger partial charge in [0.05, 0.1) is 5.02 Å². The average Bonchev–Trinajstić information content (AvgIpc) is 2.71. The number of benzene rings is 3. The molecular weight excluding hydrogens is 499 g/mol. The van der Waals surface area contributed by atoms with E-state index in [2.05, 4.69) is 10.1 Å². The van der Waals surface area contributed by atoms with Gasteiger partial charge in [0.2, 0.25) is 0 Å². The number of anilines is 1. The molecule has 184 valence electrons. The van der Waals surface area contributed by atoms with E-state index in [0.29, 0.717) is 16.9 Å². The van der Waals surface area contributed by atoms with Crippen molar-refractivity contribution in [1.29, 1.82) is 0 Å². The van der Waals surface area contributed by atoms with Crippen LogP contribution in [0.5, 0.6) is 17.2 Å². The quantitative estimate of drug-likeness (QED) is 0.364. The third-order valence-electron chi connectivity index (χ3n) is 4.48. The van der Waals surface area contributed by atoms with Crippen LogP contribution in [-0.4, -0.2) is 18.3 Å². The molecule has 6 nitrogen and oxygen atoms in total. The Morgan fingerprint density at radius 2 is 1.54 bits per heavy atom. The van der Waals surface area contributed by atoms with Gasteiger partial charge in [0.15, 0.2) is 0 Å². The van der Waals surface area contributed by atoms with Crippen molar-refractivity contribution in [2.75, 3.05) is 5.32 Å². The highest BCUT2D eigenvalue weighted by molar-refractivity contribution is 6.32. The third kappa shape index (κ3) is 6.60. The van der Waals surface area contributed by atoms with Crippen LogP contribution in [0.2, 0.25) is 5.02 Å². The van der Waals surface area contributed by atoms with Crippen LogP contribution in [-0.2, 0) is 0 Å². The number of halogens is 6. The van der Waals surface area contributed by atoms with Gasteiger partial charge in [-0.15, -0.1) is 13.2 Å². The lowest BCUT2D eigenvalue weighted by Gasteiger charge is -2.16. The number of rotatable bonds is 5. The van der Waals surface area contributed by atoms with Crippen molar-refractivity contribution < 1.29 is 41.0 Å². The number of nitrogens with one attached hydrogen (secondary N) is 2. The van der Waals surface area contributed by atoms with Gasteiger partial charge in [0, 0.05) is 11.8 Å². The van der Waals surface area contributed by atoms with Gasteiger partial charge in [-0.1, -0.05) is 17.7 Å². The predicted octanol–water partition coefficient (Wildman–Crippen LogP) is 6.89. The molecule has 0 heterocycles. The molecule has 0 aliphatic rings. The molecule has 0 saturated carbocycles. The second-order valence-corrected chi connectivity index (χ2v) is 7.59. The van der Waals surface area contributed by atoms with Crippen LogP contribution in [0.3, 0.4) is 0 Å². The maximum absolute atomic E-state index is 13.7. The second-order valence-electron chi connectivity index (χ2n) is 7.19. The molecule has 3 amide bonds. The fourth-order valence-corrected chi connectivity index (χ4v) is 3.31. The minimum atomic E-state index is -4.90. The van der Waals surface area contributed by atoms with E-state index in [-0.39, 0.29) is 16.5 Å². The van der Waals surface area contributed by atoms with Gasteiger partial charge in [0.1, 0.15) is 34.4 Å². The molecule has 0 bridgehead atoms. The molecule has 0 atom stereocenters. The second kappa shape index (κ2) is 10.2. The number of urea groups is 1. The molecule has 3 rings (SSSR count). The van der Waals surface area contributed by atoms with Crippen molar-refractivity contribution >= 4 is 29.2 Å². The van der Waals surface area contributed by atoms with E-state index in [4.69, 9.17) is 16.3 Å². The molecule has 35 heavy (non-hydrogen) atoms. The summed E-state index contributed by atoms with van der Waals surface area (Å²) in [5.41, 5.74) is 0.361. The van der Waals surface area contributed by atoms with Crippen LogP contribution in [0.25, 0.3) is 0 Å². The number of hydrogen-bond donors (Lipinski definition) is 2. The average molecular weight is 515 g/mol. The Labute approximate surface area is 200 Å². The van der Waals surface area contributed by atoms with E-state index in [0.717, 1.165) is 30.3 Å². The van der Waals surface area contributed by atoms with Gasteiger partial charge in [-0.05, 0) is 61.4 Å². The van der Waals surface area contributed by atoms with Crippen molar-refractivity contribution in [3.8, 4) is 17.2 Å². The van der Waals surface area contributed by atoms with Crippen molar-refractivity contribution in [2.24, 2.45) is 0 Å². The van der Waals surface area contributed by atoms with Crippen LogP contribution in [0.4, 0.5) is 32.4 Å². The summed E-state index contributed by atoms with van der Waals surface area (Å²) in [7, 11) is 0. The first kappa shape index (κ1) is 25.8. The fraction of sp³-hybridized carbons (Fsp3) is 0.130. The first-order chi connectivity index (χ1) is 16.3. The molecule has 0 aliphatic carbocycles. The lowest BCUT2D eigenvalue weighted by molar-refractivity contribution is -0.274. The molecule has 3 aromatic carbocycles. The zero-order chi connectivity index (χ0) is 25.9. The molecule has 0 aliphatic heterocycles. The van der Waals surface area contributed by atoms with Crippen LogP contribution in [0, 0.1) is 25.5 Å². The van der Waals surface area contributed by atoms with E-state index in [1.165, 1.54) is 18.2 Å². The number of carbonyl (C=O) groups is 2. The number of carbonyl (C=O) groups excluding carboxylic acids is 2. The van der Waals surface area contributed by atoms with Crippen molar-refractivity contribution in [3.05, 3.63) is 81.9 Å². The summed E-state index contributed by atoms with van der Waals surface area (Å²) < 4.78 is 74.2. The largest absolute Gasteiger partial charge is 0.573 e. The lowest BCUT2D eigenvalue weighted by Crippen LogP contribution is -2.35.